The Bertz CT molecular complexity index is 213. The molecule has 0 fully saturated rings. The molecule has 1 heterocycles. The zero-order valence-corrected chi connectivity index (χ0v) is 7.31. The molecule has 0 aromatic carbocycles. The number of thiophene rings is 1. The summed E-state index contributed by atoms with van der Waals surface area (Å²) >= 11 is 1.79. The van der Waals surface area contributed by atoms with Crippen LogP contribution in [0.2, 0.25) is 0 Å². The molecule has 0 spiro atoms. The van der Waals surface area contributed by atoms with E-state index in [2.05, 4.69) is 30.7 Å². The van der Waals surface area contributed by atoms with Crippen molar-refractivity contribution >= 4 is 11.3 Å². The van der Waals surface area contributed by atoms with Gasteiger partial charge in [0.15, 0.2) is 0 Å². The van der Waals surface area contributed by atoms with Crippen molar-refractivity contribution in [3.63, 3.8) is 0 Å². The first-order valence-corrected chi connectivity index (χ1v) is 4.52. The average Bonchev–Trinajstić information content (AvgIpc) is 2.52. The first-order chi connectivity index (χ1) is 5.36. The minimum Gasteiger partial charge on any atom is -0.149 e. The van der Waals surface area contributed by atoms with Crippen molar-refractivity contribution < 1.29 is 0 Å². The van der Waals surface area contributed by atoms with Gasteiger partial charge < -0.3 is 0 Å². The quantitative estimate of drug-likeness (QED) is 0.599. The molecular weight excluding hydrogens is 152 g/mol. The van der Waals surface area contributed by atoms with E-state index in [1.807, 2.05) is 12.2 Å². The van der Waals surface area contributed by atoms with Gasteiger partial charge in [0, 0.05) is 4.88 Å². The molecule has 0 radical (unpaired) electrons. The molecule has 1 aromatic rings. The van der Waals surface area contributed by atoms with Crippen LogP contribution >= 0.6 is 11.3 Å². The van der Waals surface area contributed by atoms with E-state index in [9.17, 15) is 0 Å². The molecule has 58 valence electrons. The van der Waals surface area contributed by atoms with Gasteiger partial charge in [0.05, 0.1) is 0 Å². The van der Waals surface area contributed by atoms with Gasteiger partial charge in [0.25, 0.3) is 0 Å². The fraction of sp³-hybridized carbons (Fsp3) is 0.200. The Balaban J connectivity index is 2.54. The Labute approximate surface area is 71.9 Å². The summed E-state index contributed by atoms with van der Waals surface area (Å²) in [6.45, 7) is 7.49. The minimum atomic E-state index is 0.425. The number of hydrogen-bond donors (Lipinski definition) is 0. The molecule has 0 amide bonds. The molecule has 0 aliphatic rings. The molecular formula is C10H12S. The molecule has 0 aliphatic carbocycles. The molecule has 0 N–H and O–H groups in total. The predicted molar refractivity (Wildman–Crippen MR) is 51.9 cm³/mol. The molecule has 0 nitrogen and oxygen atoms in total. The highest BCUT2D eigenvalue weighted by atomic mass is 32.1. The van der Waals surface area contributed by atoms with Crippen LogP contribution in [0.1, 0.15) is 4.88 Å². The largest absolute Gasteiger partial charge is 0.149 e. The first-order valence-electron chi connectivity index (χ1n) is 3.64. The summed E-state index contributed by atoms with van der Waals surface area (Å²) in [5.41, 5.74) is 0. The van der Waals surface area contributed by atoms with Gasteiger partial charge in [-0.05, 0) is 23.8 Å². The third kappa shape index (κ3) is 2.35. The average molecular weight is 164 g/mol. The second-order valence-corrected chi connectivity index (χ2v) is 3.45. The van der Waals surface area contributed by atoms with E-state index in [0.717, 1.165) is 6.42 Å². The van der Waals surface area contributed by atoms with Crippen LogP contribution in [0.3, 0.4) is 0 Å². The Kier molecular flexibility index (Phi) is 3.12. The topological polar surface area (TPSA) is 0 Å². The Morgan fingerprint density at radius 2 is 2.18 bits per heavy atom. The van der Waals surface area contributed by atoms with E-state index in [-0.39, 0.29) is 0 Å². The first kappa shape index (κ1) is 8.28. The lowest BCUT2D eigenvalue weighted by atomic mass is 10.1. The van der Waals surface area contributed by atoms with Crippen molar-refractivity contribution in [1.29, 1.82) is 0 Å². The van der Waals surface area contributed by atoms with Crippen molar-refractivity contribution in [2.75, 3.05) is 0 Å². The van der Waals surface area contributed by atoms with Crippen molar-refractivity contribution in [1.82, 2.24) is 0 Å². The normalized spacial score (nSPS) is 9.91. The lowest BCUT2D eigenvalue weighted by molar-refractivity contribution is 0.822. The van der Waals surface area contributed by atoms with Crippen LogP contribution in [0, 0.1) is 5.92 Å². The van der Waals surface area contributed by atoms with Gasteiger partial charge in [0.2, 0.25) is 0 Å². The Hall–Kier alpha value is -0.820. The van der Waals surface area contributed by atoms with Crippen LogP contribution in [-0.4, -0.2) is 0 Å². The van der Waals surface area contributed by atoms with E-state index in [1.165, 1.54) is 4.88 Å². The van der Waals surface area contributed by atoms with Crippen LogP contribution in [0.5, 0.6) is 0 Å². The van der Waals surface area contributed by atoms with Crippen LogP contribution < -0.4 is 0 Å². The summed E-state index contributed by atoms with van der Waals surface area (Å²) in [5.74, 6) is 0.425. The lowest BCUT2D eigenvalue weighted by Gasteiger charge is -2.02. The van der Waals surface area contributed by atoms with Gasteiger partial charge in [-0.15, -0.1) is 24.5 Å². The molecule has 0 aliphatic heterocycles. The number of hydrogen-bond acceptors (Lipinski definition) is 1. The molecule has 1 aromatic heterocycles. The zero-order valence-electron chi connectivity index (χ0n) is 6.49. The van der Waals surface area contributed by atoms with Crippen molar-refractivity contribution in [2.45, 2.75) is 6.42 Å². The fourth-order valence-electron chi connectivity index (χ4n) is 0.924. The van der Waals surface area contributed by atoms with Crippen LogP contribution in [0.25, 0.3) is 0 Å². The monoisotopic (exact) mass is 164 g/mol. The van der Waals surface area contributed by atoms with Gasteiger partial charge >= 0.3 is 0 Å². The second kappa shape index (κ2) is 4.14. The molecule has 0 saturated carbocycles. The zero-order chi connectivity index (χ0) is 8.10. The van der Waals surface area contributed by atoms with Gasteiger partial charge in [-0.1, -0.05) is 18.2 Å². The molecule has 1 rings (SSSR count). The van der Waals surface area contributed by atoms with Gasteiger partial charge in [-0.2, -0.15) is 0 Å². The molecule has 11 heavy (non-hydrogen) atoms. The number of allylic oxidation sites excluding steroid dienone is 2. The van der Waals surface area contributed by atoms with Gasteiger partial charge in [-0.25, -0.2) is 0 Å². The summed E-state index contributed by atoms with van der Waals surface area (Å²) < 4.78 is 0. The van der Waals surface area contributed by atoms with E-state index < -0.39 is 0 Å². The molecule has 0 unspecified atom stereocenters. The summed E-state index contributed by atoms with van der Waals surface area (Å²) in [7, 11) is 0. The van der Waals surface area contributed by atoms with Gasteiger partial charge in [0.1, 0.15) is 0 Å². The van der Waals surface area contributed by atoms with Crippen LogP contribution in [-0.2, 0) is 6.42 Å². The lowest BCUT2D eigenvalue weighted by Crippen LogP contribution is -1.93. The third-order valence-electron chi connectivity index (χ3n) is 1.62. The highest BCUT2D eigenvalue weighted by molar-refractivity contribution is 7.09. The summed E-state index contributed by atoms with van der Waals surface area (Å²) in [6.07, 6.45) is 4.92. The SMILES string of the molecule is C=CC(C=C)Cc1cccs1. The maximum Gasteiger partial charge on any atom is 0.00541 e. The standard InChI is InChI=1S/C10H12S/c1-3-9(4-2)8-10-6-5-7-11-10/h3-7,9H,1-2,8H2. The Morgan fingerprint density at radius 3 is 2.64 bits per heavy atom. The molecule has 1 heteroatoms. The second-order valence-electron chi connectivity index (χ2n) is 2.42. The van der Waals surface area contributed by atoms with E-state index >= 15 is 0 Å². The summed E-state index contributed by atoms with van der Waals surface area (Å²) in [4.78, 5) is 1.40. The summed E-state index contributed by atoms with van der Waals surface area (Å²) in [6, 6.07) is 4.22. The molecule has 0 bridgehead atoms. The van der Waals surface area contributed by atoms with E-state index in [1.54, 1.807) is 11.3 Å². The smallest absolute Gasteiger partial charge is 0.00541 e. The van der Waals surface area contributed by atoms with Gasteiger partial charge in [-0.3, -0.25) is 0 Å². The fourth-order valence-corrected chi connectivity index (χ4v) is 1.70. The van der Waals surface area contributed by atoms with Crippen molar-refractivity contribution in [3.8, 4) is 0 Å². The van der Waals surface area contributed by atoms with Crippen LogP contribution in [0.15, 0.2) is 42.8 Å². The predicted octanol–water partition coefficient (Wildman–Crippen LogP) is 3.28. The number of rotatable bonds is 4. The highest BCUT2D eigenvalue weighted by Gasteiger charge is 2.00. The van der Waals surface area contributed by atoms with E-state index in [0.29, 0.717) is 5.92 Å². The Morgan fingerprint density at radius 1 is 1.45 bits per heavy atom. The maximum atomic E-state index is 3.75. The van der Waals surface area contributed by atoms with Crippen molar-refractivity contribution in [3.05, 3.63) is 47.7 Å². The molecule has 0 saturated heterocycles. The maximum absolute atomic E-state index is 3.75. The van der Waals surface area contributed by atoms with E-state index in [4.69, 9.17) is 0 Å². The minimum absolute atomic E-state index is 0.425. The van der Waals surface area contributed by atoms with Crippen molar-refractivity contribution in [2.24, 2.45) is 5.92 Å². The third-order valence-corrected chi connectivity index (χ3v) is 2.52. The summed E-state index contributed by atoms with van der Waals surface area (Å²) in [5, 5.41) is 2.10. The highest BCUT2D eigenvalue weighted by Crippen LogP contribution is 2.15. The van der Waals surface area contributed by atoms with Crippen LogP contribution in [0.4, 0.5) is 0 Å². The molecule has 0 atom stereocenters.